The molecule has 0 saturated carbocycles. The Morgan fingerprint density at radius 2 is 2.06 bits per heavy atom. The van der Waals surface area contributed by atoms with E-state index in [1.807, 2.05) is 37.1 Å². The lowest BCUT2D eigenvalue weighted by atomic mass is 10.1. The first-order valence-corrected chi connectivity index (χ1v) is 6.07. The van der Waals surface area contributed by atoms with Gasteiger partial charge >= 0.3 is 0 Å². The lowest BCUT2D eigenvalue weighted by Gasteiger charge is -2.27. The molecule has 0 aliphatic heterocycles. The predicted molar refractivity (Wildman–Crippen MR) is 73.6 cm³/mol. The Balaban J connectivity index is 2.90. The first kappa shape index (κ1) is 14.3. The van der Waals surface area contributed by atoms with Crippen molar-refractivity contribution in [1.29, 1.82) is 0 Å². The van der Waals surface area contributed by atoms with Crippen LogP contribution in [0.15, 0.2) is 18.2 Å². The second-order valence-electron chi connectivity index (χ2n) is 5.16. The highest BCUT2D eigenvalue weighted by Gasteiger charge is 2.16. The third kappa shape index (κ3) is 4.19. The minimum absolute atomic E-state index is 0.0730. The molecular weight excluding hydrogens is 236 g/mol. The van der Waals surface area contributed by atoms with E-state index in [1.54, 1.807) is 13.8 Å². The van der Waals surface area contributed by atoms with Gasteiger partial charge in [-0.25, -0.2) is 0 Å². The molecular formula is C13H21ClN2O. The first-order chi connectivity index (χ1) is 7.70. The number of benzene rings is 1. The number of rotatable bonds is 4. The monoisotopic (exact) mass is 256 g/mol. The normalized spacial score (nSPS) is 13.6. The summed E-state index contributed by atoms with van der Waals surface area (Å²) in [4.78, 5) is 1.97. The maximum Gasteiger partial charge on any atom is 0.0765 e. The fraction of sp³-hybridized carbons (Fsp3) is 0.538. The van der Waals surface area contributed by atoms with E-state index >= 15 is 0 Å². The molecule has 0 aromatic heterocycles. The van der Waals surface area contributed by atoms with Gasteiger partial charge in [0, 0.05) is 30.3 Å². The molecule has 0 aliphatic carbocycles. The zero-order valence-corrected chi connectivity index (χ0v) is 11.6. The highest BCUT2D eigenvalue weighted by Crippen LogP contribution is 2.27. The summed E-state index contributed by atoms with van der Waals surface area (Å²) in [5.41, 5.74) is 6.98. The molecule has 1 aromatic rings. The third-order valence-electron chi connectivity index (χ3n) is 2.54. The number of nitrogens with two attached hydrogens (primary N) is 1. The highest BCUT2D eigenvalue weighted by molar-refractivity contribution is 6.31. The molecule has 1 unspecified atom stereocenters. The number of halogens is 1. The molecule has 0 saturated heterocycles. The Kier molecular flexibility index (Phi) is 4.42. The first-order valence-electron chi connectivity index (χ1n) is 5.69. The Labute approximate surface area is 108 Å². The second kappa shape index (κ2) is 5.25. The van der Waals surface area contributed by atoms with Crippen LogP contribution in [0.1, 0.15) is 32.4 Å². The van der Waals surface area contributed by atoms with Crippen LogP contribution in [0, 0.1) is 0 Å². The van der Waals surface area contributed by atoms with Gasteiger partial charge in [0.05, 0.1) is 5.60 Å². The van der Waals surface area contributed by atoms with Crippen molar-refractivity contribution in [3.63, 3.8) is 0 Å². The summed E-state index contributed by atoms with van der Waals surface area (Å²) in [6, 6.07) is 5.71. The van der Waals surface area contributed by atoms with Crippen LogP contribution in [0.4, 0.5) is 5.69 Å². The molecule has 0 radical (unpaired) electrons. The van der Waals surface area contributed by atoms with Crippen molar-refractivity contribution >= 4 is 17.3 Å². The summed E-state index contributed by atoms with van der Waals surface area (Å²) in [5.74, 6) is 0. The minimum Gasteiger partial charge on any atom is -0.389 e. The van der Waals surface area contributed by atoms with Crippen molar-refractivity contribution in [3.05, 3.63) is 28.8 Å². The lowest BCUT2D eigenvalue weighted by Crippen LogP contribution is -2.36. The van der Waals surface area contributed by atoms with Gasteiger partial charge in [0.1, 0.15) is 0 Å². The summed E-state index contributed by atoms with van der Waals surface area (Å²) < 4.78 is 0. The number of nitrogens with zero attached hydrogens (tertiary/aromatic N) is 1. The van der Waals surface area contributed by atoms with Gasteiger partial charge in [-0.3, -0.25) is 0 Å². The molecule has 4 heteroatoms. The zero-order valence-electron chi connectivity index (χ0n) is 10.9. The van der Waals surface area contributed by atoms with Crippen LogP contribution < -0.4 is 10.6 Å². The molecule has 0 heterocycles. The van der Waals surface area contributed by atoms with E-state index < -0.39 is 5.60 Å². The summed E-state index contributed by atoms with van der Waals surface area (Å²) in [5, 5.41) is 10.4. The smallest absolute Gasteiger partial charge is 0.0765 e. The van der Waals surface area contributed by atoms with E-state index in [0.29, 0.717) is 11.6 Å². The number of hydrogen-bond donors (Lipinski definition) is 2. The second-order valence-corrected chi connectivity index (χ2v) is 5.57. The molecule has 0 spiro atoms. The van der Waals surface area contributed by atoms with Crippen molar-refractivity contribution in [2.45, 2.75) is 32.4 Å². The van der Waals surface area contributed by atoms with Gasteiger partial charge in [-0.2, -0.15) is 0 Å². The summed E-state index contributed by atoms with van der Waals surface area (Å²) >= 11 is 6.17. The third-order valence-corrected chi connectivity index (χ3v) is 2.87. The maximum absolute atomic E-state index is 9.77. The molecule has 0 amide bonds. The van der Waals surface area contributed by atoms with Crippen LogP contribution in [-0.2, 0) is 0 Å². The Bertz CT molecular complexity index is 385. The number of aliphatic hydroxyl groups is 1. The molecule has 0 fully saturated rings. The van der Waals surface area contributed by atoms with Gasteiger partial charge < -0.3 is 15.7 Å². The number of likely N-dealkylation sites (N-methyl/N-ethyl adjacent to an activating group) is 1. The van der Waals surface area contributed by atoms with Crippen LogP contribution in [0.25, 0.3) is 0 Å². The van der Waals surface area contributed by atoms with E-state index in [-0.39, 0.29) is 6.04 Å². The largest absolute Gasteiger partial charge is 0.389 e. The predicted octanol–water partition coefficient (Wildman–Crippen LogP) is 2.57. The van der Waals surface area contributed by atoms with E-state index in [0.717, 1.165) is 11.3 Å². The van der Waals surface area contributed by atoms with Crippen molar-refractivity contribution < 1.29 is 5.11 Å². The zero-order chi connectivity index (χ0) is 13.2. The van der Waals surface area contributed by atoms with E-state index in [4.69, 9.17) is 17.3 Å². The molecule has 1 atom stereocenters. The van der Waals surface area contributed by atoms with Crippen molar-refractivity contribution in [2.24, 2.45) is 5.73 Å². The van der Waals surface area contributed by atoms with Gasteiger partial charge in [0.2, 0.25) is 0 Å². The summed E-state index contributed by atoms with van der Waals surface area (Å²) in [6.07, 6.45) is 0. The van der Waals surface area contributed by atoms with Gasteiger partial charge in [0.25, 0.3) is 0 Å². The van der Waals surface area contributed by atoms with Crippen molar-refractivity contribution in [1.82, 2.24) is 0 Å². The number of hydrogen-bond acceptors (Lipinski definition) is 3. The average molecular weight is 257 g/mol. The van der Waals surface area contributed by atoms with Crippen LogP contribution in [0.2, 0.25) is 5.02 Å². The lowest BCUT2D eigenvalue weighted by molar-refractivity contribution is 0.0886. The maximum atomic E-state index is 9.77. The van der Waals surface area contributed by atoms with E-state index in [9.17, 15) is 5.11 Å². The molecule has 1 rings (SSSR count). The molecule has 0 aliphatic rings. The van der Waals surface area contributed by atoms with Gasteiger partial charge in [-0.15, -0.1) is 0 Å². The van der Waals surface area contributed by atoms with E-state index in [2.05, 4.69) is 0 Å². The van der Waals surface area contributed by atoms with Crippen LogP contribution >= 0.6 is 11.6 Å². The Hall–Kier alpha value is -0.770. The SMILES string of the molecule is CC(N)c1ccc(N(C)CC(C)(C)O)cc1Cl. The van der Waals surface area contributed by atoms with E-state index in [1.165, 1.54) is 0 Å². The highest BCUT2D eigenvalue weighted by atomic mass is 35.5. The summed E-state index contributed by atoms with van der Waals surface area (Å²) in [7, 11) is 1.93. The van der Waals surface area contributed by atoms with Crippen LogP contribution in [0.3, 0.4) is 0 Å². The van der Waals surface area contributed by atoms with Gasteiger partial charge in [0.15, 0.2) is 0 Å². The van der Waals surface area contributed by atoms with Crippen molar-refractivity contribution in [3.8, 4) is 0 Å². The molecule has 3 N–H and O–H groups in total. The summed E-state index contributed by atoms with van der Waals surface area (Å²) in [6.45, 7) is 6.01. The van der Waals surface area contributed by atoms with Crippen LogP contribution in [-0.4, -0.2) is 24.3 Å². The van der Waals surface area contributed by atoms with Gasteiger partial charge in [-0.1, -0.05) is 17.7 Å². The Morgan fingerprint density at radius 1 is 1.47 bits per heavy atom. The molecule has 3 nitrogen and oxygen atoms in total. The Morgan fingerprint density at radius 3 is 2.47 bits per heavy atom. The van der Waals surface area contributed by atoms with Gasteiger partial charge in [-0.05, 0) is 38.5 Å². The van der Waals surface area contributed by atoms with Crippen molar-refractivity contribution in [2.75, 3.05) is 18.5 Å². The average Bonchev–Trinajstić information content (AvgIpc) is 2.14. The molecule has 1 aromatic carbocycles. The number of anilines is 1. The quantitative estimate of drug-likeness (QED) is 0.871. The molecule has 17 heavy (non-hydrogen) atoms. The fourth-order valence-electron chi connectivity index (χ4n) is 1.79. The minimum atomic E-state index is -0.735. The molecule has 0 bridgehead atoms. The fourth-order valence-corrected chi connectivity index (χ4v) is 2.14. The van der Waals surface area contributed by atoms with Crippen LogP contribution in [0.5, 0.6) is 0 Å². The molecule has 96 valence electrons. The topological polar surface area (TPSA) is 49.5 Å². The standard InChI is InChI=1S/C13H21ClN2O/c1-9(15)11-6-5-10(7-12(11)14)16(4)8-13(2,3)17/h5-7,9,17H,8,15H2,1-4H3.